The monoisotopic (exact) mass is 371 g/mol. The smallest absolute Gasteiger partial charge is 0.259 e. The highest BCUT2D eigenvalue weighted by Gasteiger charge is 2.16. The molecule has 0 radical (unpaired) electrons. The maximum absolute atomic E-state index is 12.8. The summed E-state index contributed by atoms with van der Waals surface area (Å²) in [4.78, 5) is 16.8. The van der Waals surface area contributed by atoms with Crippen LogP contribution >= 0.6 is 0 Å². The minimum atomic E-state index is -0.147. The van der Waals surface area contributed by atoms with E-state index in [0.29, 0.717) is 12.1 Å². The zero-order valence-corrected chi connectivity index (χ0v) is 15.6. The SMILES string of the molecule is CCc1c(C(=O)Nc2ccc(-n3ccnc3)cc2)cnn1Cc1ccccc1. The van der Waals surface area contributed by atoms with Gasteiger partial charge in [-0.25, -0.2) is 4.98 Å². The molecule has 4 rings (SSSR count). The molecule has 140 valence electrons. The first-order valence-corrected chi connectivity index (χ1v) is 9.23. The second kappa shape index (κ2) is 7.92. The number of carbonyl (C=O) groups is 1. The summed E-state index contributed by atoms with van der Waals surface area (Å²) in [6, 6.07) is 17.8. The first-order valence-electron chi connectivity index (χ1n) is 9.23. The van der Waals surface area contributed by atoms with Crippen LogP contribution in [0.3, 0.4) is 0 Å². The van der Waals surface area contributed by atoms with E-state index in [4.69, 9.17) is 0 Å². The third-order valence-corrected chi connectivity index (χ3v) is 4.63. The number of hydrogen-bond donors (Lipinski definition) is 1. The molecule has 0 aliphatic rings. The minimum absolute atomic E-state index is 0.147. The Bertz CT molecular complexity index is 1050. The quantitative estimate of drug-likeness (QED) is 0.558. The van der Waals surface area contributed by atoms with Crippen molar-refractivity contribution in [1.29, 1.82) is 0 Å². The van der Waals surface area contributed by atoms with Crippen LogP contribution in [-0.4, -0.2) is 25.2 Å². The molecule has 0 fully saturated rings. The van der Waals surface area contributed by atoms with Crippen LogP contribution in [0, 0.1) is 0 Å². The molecule has 6 heteroatoms. The lowest BCUT2D eigenvalue weighted by molar-refractivity contribution is 0.102. The Morgan fingerprint density at radius 1 is 1.07 bits per heavy atom. The van der Waals surface area contributed by atoms with Crippen molar-refractivity contribution >= 4 is 11.6 Å². The van der Waals surface area contributed by atoms with Gasteiger partial charge in [-0.2, -0.15) is 5.10 Å². The molecule has 2 heterocycles. The molecule has 0 unspecified atom stereocenters. The van der Waals surface area contributed by atoms with E-state index in [1.165, 1.54) is 0 Å². The number of carbonyl (C=O) groups excluding carboxylic acids is 1. The Labute approximate surface area is 163 Å². The van der Waals surface area contributed by atoms with Crippen LogP contribution in [0.2, 0.25) is 0 Å². The topological polar surface area (TPSA) is 64.7 Å². The fourth-order valence-corrected chi connectivity index (χ4v) is 3.19. The largest absolute Gasteiger partial charge is 0.322 e. The van der Waals surface area contributed by atoms with Crippen LogP contribution in [0.1, 0.15) is 28.5 Å². The fourth-order valence-electron chi connectivity index (χ4n) is 3.19. The number of aromatic nitrogens is 4. The second-order valence-electron chi connectivity index (χ2n) is 6.47. The van der Waals surface area contributed by atoms with Gasteiger partial charge in [-0.05, 0) is 36.2 Å². The average Bonchev–Trinajstić information content (AvgIpc) is 3.39. The molecule has 0 atom stereocenters. The molecule has 6 nitrogen and oxygen atoms in total. The summed E-state index contributed by atoms with van der Waals surface area (Å²) in [7, 11) is 0. The molecule has 4 aromatic rings. The van der Waals surface area contributed by atoms with E-state index in [0.717, 1.165) is 29.1 Å². The van der Waals surface area contributed by atoms with Crippen molar-refractivity contribution in [3.05, 3.63) is 96.3 Å². The zero-order valence-electron chi connectivity index (χ0n) is 15.6. The highest BCUT2D eigenvalue weighted by Crippen LogP contribution is 2.17. The van der Waals surface area contributed by atoms with Crippen molar-refractivity contribution in [2.45, 2.75) is 19.9 Å². The van der Waals surface area contributed by atoms with Gasteiger partial charge in [0.25, 0.3) is 5.91 Å². The molecule has 0 aliphatic heterocycles. The predicted molar refractivity (Wildman–Crippen MR) is 109 cm³/mol. The normalized spacial score (nSPS) is 10.8. The molecular weight excluding hydrogens is 350 g/mol. The molecule has 0 saturated heterocycles. The molecular formula is C22H21N5O. The summed E-state index contributed by atoms with van der Waals surface area (Å²) in [5, 5.41) is 7.40. The summed E-state index contributed by atoms with van der Waals surface area (Å²) in [6.45, 7) is 2.69. The van der Waals surface area contributed by atoms with Crippen LogP contribution < -0.4 is 5.32 Å². The highest BCUT2D eigenvalue weighted by atomic mass is 16.1. The van der Waals surface area contributed by atoms with E-state index in [1.54, 1.807) is 18.7 Å². The third-order valence-electron chi connectivity index (χ3n) is 4.63. The maximum Gasteiger partial charge on any atom is 0.259 e. The number of anilines is 1. The molecule has 2 aromatic carbocycles. The number of amides is 1. The lowest BCUT2D eigenvalue weighted by Crippen LogP contribution is -2.15. The van der Waals surface area contributed by atoms with Crippen LogP contribution in [0.15, 0.2) is 79.5 Å². The molecule has 2 aromatic heterocycles. The van der Waals surface area contributed by atoms with E-state index < -0.39 is 0 Å². The van der Waals surface area contributed by atoms with Gasteiger partial charge in [0.1, 0.15) is 0 Å². The van der Waals surface area contributed by atoms with E-state index in [1.807, 2.05) is 64.8 Å². The van der Waals surface area contributed by atoms with Crippen LogP contribution in [-0.2, 0) is 13.0 Å². The molecule has 0 bridgehead atoms. The lowest BCUT2D eigenvalue weighted by Gasteiger charge is -2.09. The van der Waals surface area contributed by atoms with Gasteiger partial charge in [0.2, 0.25) is 0 Å². The van der Waals surface area contributed by atoms with Gasteiger partial charge >= 0.3 is 0 Å². The standard InChI is InChI=1S/C22H21N5O/c1-2-21-20(14-24-27(21)15-17-6-4-3-5-7-17)22(28)25-18-8-10-19(11-9-18)26-13-12-23-16-26/h3-14,16H,2,15H2,1H3,(H,25,28). The number of hydrogen-bond acceptors (Lipinski definition) is 3. The van der Waals surface area contributed by atoms with Gasteiger partial charge in [-0.1, -0.05) is 37.3 Å². The van der Waals surface area contributed by atoms with Crippen LogP contribution in [0.25, 0.3) is 5.69 Å². The predicted octanol–water partition coefficient (Wildman–Crippen LogP) is 3.93. The third kappa shape index (κ3) is 3.71. The Morgan fingerprint density at radius 2 is 1.86 bits per heavy atom. The Hall–Kier alpha value is -3.67. The minimum Gasteiger partial charge on any atom is -0.322 e. The first kappa shape index (κ1) is 17.7. The molecule has 28 heavy (non-hydrogen) atoms. The molecule has 0 saturated carbocycles. The molecule has 0 spiro atoms. The molecule has 0 aliphatic carbocycles. The Kier molecular flexibility index (Phi) is 5.01. The Balaban J connectivity index is 1.50. The highest BCUT2D eigenvalue weighted by molar-refractivity contribution is 6.05. The van der Waals surface area contributed by atoms with Gasteiger partial charge in [0, 0.05) is 23.8 Å². The van der Waals surface area contributed by atoms with Gasteiger partial charge in [-0.15, -0.1) is 0 Å². The van der Waals surface area contributed by atoms with Gasteiger partial charge < -0.3 is 9.88 Å². The fraction of sp³-hybridized carbons (Fsp3) is 0.136. The van der Waals surface area contributed by atoms with Crippen molar-refractivity contribution in [2.24, 2.45) is 0 Å². The van der Waals surface area contributed by atoms with E-state index in [9.17, 15) is 4.79 Å². The van der Waals surface area contributed by atoms with Crippen molar-refractivity contribution in [1.82, 2.24) is 19.3 Å². The molecule has 1 amide bonds. The van der Waals surface area contributed by atoms with Gasteiger partial charge in [0.05, 0.1) is 30.3 Å². The van der Waals surface area contributed by atoms with E-state index in [-0.39, 0.29) is 5.91 Å². The van der Waals surface area contributed by atoms with Gasteiger partial charge in [0.15, 0.2) is 0 Å². The number of nitrogens with one attached hydrogen (secondary N) is 1. The van der Waals surface area contributed by atoms with E-state index in [2.05, 4.69) is 27.5 Å². The maximum atomic E-state index is 12.8. The number of rotatable bonds is 6. The van der Waals surface area contributed by atoms with Crippen molar-refractivity contribution in [3.63, 3.8) is 0 Å². The summed E-state index contributed by atoms with van der Waals surface area (Å²) in [5.74, 6) is -0.147. The summed E-state index contributed by atoms with van der Waals surface area (Å²) < 4.78 is 3.81. The number of benzene rings is 2. The van der Waals surface area contributed by atoms with Gasteiger partial charge in [-0.3, -0.25) is 9.48 Å². The average molecular weight is 371 g/mol. The summed E-state index contributed by atoms with van der Waals surface area (Å²) in [5.41, 5.74) is 4.42. The summed E-state index contributed by atoms with van der Waals surface area (Å²) >= 11 is 0. The van der Waals surface area contributed by atoms with Crippen molar-refractivity contribution in [2.75, 3.05) is 5.32 Å². The summed E-state index contributed by atoms with van der Waals surface area (Å²) in [6.07, 6.45) is 7.73. The second-order valence-corrected chi connectivity index (χ2v) is 6.47. The first-order chi connectivity index (χ1) is 13.7. The van der Waals surface area contributed by atoms with Crippen LogP contribution in [0.4, 0.5) is 5.69 Å². The van der Waals surface area contributed by atoms with Crippen molar-refractivity contribution in [3.8, 4) is 5.69 Å². The number of imidazole rings is 1. The van der Waals surface area contributed by atoms with Crippen LogP contribution in [0.5, 0.6) is 0 Å². The number of nitrogens with zero attached hydrogens (tertiary/aromatic N) is 4. The van der Waals surface area contributed by atoms with Crippen molar-refractivity contribution < 1.29 is 4.79 Å². The molecule has 1 N–H and O–H groups in total. The lowest BCUT2D eigenvalue weighted by atomic mass is 10.1. The van der Waals surface area contributed by atoms with E-state index >= 15 is 0 Å². The zero-order chi connectivity index (χ0) is 19.3. The Morgan fingerprint density at radius 3 is 2.54 bits per heavy atom.